The summed E-state index contributed by atoms with van der Waals surface area (Å²) in [6, 6.07) is 27.2. The van der Waals surface area contributed by atoms with E-state index in [1.54, 1.807) is 19.9 Å². The third-order valence-electron chi connectivity index (χ3n) is 5.51. The fourth-order valence-electron chi connectivity index (χ4n) is 3.23. The lowest BCUT2D eigenvalue weighted by atomic mass is 9.84. The fraction of sp³-hybridized carbons (Fsp3) is 0.286. The molecule has 0 amide bonds. The molecule has 0 aliphatic rings. The van der Waals surface area contributed by atoms with Crippen LogP contribution >= 0.6 is 0 Å². The Kier molecular flexibility index (Phi) is 10.6. The van der Waals surface area contributed by atoms with Gasteiger partial charge in [0.05, 0.1) is 22.4 Å². The molecule has 0 saturated carbocycles. The Balaban J connectivity index is 0.000000589. The van der Waals surface area contributed by atoms with Crippen molar-refractivity contribution in [1.82, 2.24) is 5.32 Å². The molecule has 3 aromatic carbocycles. The summed E-state index contributed by atoms with van der Waals surface area (Å²) in [6.45, 7) is 5.88. The minimum atomic E-state index is -0.889. The van der Waals surface area contributed by atoms with Crippen LogP contribution in [0.25, 0.3) is 0 Å². The van der Waals surface area contributed by atoms with E-state index in [9.17, 15) is 9.90 Å². The van der Waals surface area contributed by atoms with Crippen LogP contribution in [-0.4, -0.2) is 30.7 Å². The standard InChI is InChI=1S/C22H28N4O2.C6H6/c1-22(2,21(27)28)18-8-3-6-16(14-18)10-13-25-11-5-12-26-19-9-4-7-17(15-23)20(19)24;1-2-4-6-5-3-1/h3-4,6-9,14,25-26H,5,10-13,24H2,1-2H3,(H,27,28);1-6H. The quantitative estimate of drug-likeness (QED) is 0.256. The molecule has 0 fully saturated rings. The van der Waals surface area contributed by atoms with Crippen molar-refractivity contribution in [3.05, 3.63) is 95.6 Å². The SMILES string of the molecule is CC(C)(C(=O)O)c1cccc(CCNCCCNc2cccc(C#N)c2N)c1.c1ccccc1. The Bertz CT molecular complexity index is 1050. The van der Waals surface area contributed by atoms with Gasteiger partial charge in [0.2, 0.25) is 0 Å². The van der Waals surface area contributed by atoms with Gasteiger partial charge < -0.3 is 21.5 Å². The molecule has 0 saturated heterocycles. The first-order valence-corrected chi connectivity index (χ1v) is 11.4. The van der Waals surface area contributed by atoms with Crippen LogP contribution in [0.1, 0.15) is 37.0 Å². The molecule has 0 heterocycles. The van der Waals surface area contributed by atoms with E-state index in [-0.39, 0.29) is 0 Å². The molecule has 0 aromatic heterocycles. The molecule has 0 atom stereocenters. The fourth-order valence-corrected chi connectivity index (χ4v) is 3.23. The summed E-state index contributed by atoms with van der Waals surface area (Å²) in [5, 5.41) is 25.0. The Morgan fingerprint density at radius 3 is 2.24 bits per heavy atom. The average molecular weight is 459 g/mol. The number of carboxylic acid groups (broad SMARTS) is 1. The highest BCUT2D eigenvalue weighted by molar-refractivity contribution is 5.80. The first kappa shape index (κ1) is 26.4. The molecule has 34 heavy (non-hydrogen) atoms. The van der Waals surface area contributed by atoms with Gasteiger partial charge in [0.25, 0.3) is 0 Å². The zero-order chi connectivity index (χ0) is 24.8. The van der Waals surface area contributed by atoms with E-state index in [4.69, 9.17) is 11.0 Å². The predicted molar refractivity (Wildman–Crippen MR) is 139 cm³/mol. The first-order valence-electron chi connectivity index (χ1n) is 11.4. The zero-order valence-electron chi connectivity index (χ0n) is 19.9. The van der Waals surface area contributed by atoms with Crippen molar-refractivity contribution >= 4 is 17.3 Å². The number of hydrogen-bond donors (Lipinski definition) is 4. The maximum atomic E-state index is 11.4. The number of aliphatic carboxylic acids is 1. The van der Waals surface area contributed by atoms with E-state index in [0.717, 1.165) is 49.3 Å². The maximum absolute atomic E-state index is 11.4. The summed E-state index contributed by atoms with van der Waals surface area (Å²) in [5.74, 6) is -0.823. The molecule has 0 unspecified atom stereocenters. The number of nitriles is 1. The van der Waals surface area contributed by atoms with Gasteiger partial charge in [-0.3, -0.25) is 4.79 Å². The number of nitrogens with one attached hydrogen (secondary N) is 2. The maximum Gasteiger partial charge on any atom is 0.313 e. The van der Waals surface area contributed by atoms with Gasteiger partial charge >= 0.3 is 5.97 Å². The number of para-hydroxylation sites is 1. The molecule has 0 radical (unpaired) electrons. The van der Waals surface area contributed by atoms with Gasteiger partial charge in [-0.1, -0.05) is 66.7 Å². The molecule has 6 nitrogen and oxygen atoms in total. The number of carbonyl (C=O) groups is 1. The minimum absolute atomic E-state index is 0.483. The summed E-state index contributed by atoms with van der Waals surface area (Å²) in [4.78, 5) is 11.4. The van der Waals surface area contributed by atoms with Gasteiger partial charge in [-0.2, -0.15) is 5.26 Å². The van der Waals surface area contributed by atoms with Crippen LogP contribution in [0.2, 0.25) is 0 Å². The van der Waals surface area contributed by atoms with Crippen LogP contribution in [0, 0.1) is 11.3 Å². The van der Waals surface area contributed by atoms with E-state index in [1.807, 2.05) is 72.8 Å². The van der Waals surface area contributed by atoms with Crippen LogP contribution < -0.4 is 16.4 Å². The van der Waals surface area contributed by atoms with E-state index in [0.29, 0.717) is 11.3 Å². The molecule has 6 heteroatoms. The van der Waals surface area contributed by atoms with Crippen molar-refractivity contribution in [2.75, 3.05) is 30.7 Å². The minimum Gasteiger partial charge on any atom is -0.481 e. The Morgan fingerprint density at radius 1 is 0.971 bits per heavy atom. The van der Waals surface area contributed by atoms with Crippen LogP contribution in [0.15, 0.2) is 78.9 Å². The van der Waals surface area contributed by atoms with Crippen molar-refractivity contribution < 1.29 is 9.90 Å². The normalized spacial score (nSPS) is 10.5. The molecule has 0 aliphatic heterocycles. The van der Waals surface area contributed by atoms with Gasteiger partial charge in [-0.25, -0.2) is 0 Å². The van der Waals surface area contributed by atoms with Crippen molar-refractivity contribution in [2.24, 2.45) is 0 Å². The van der Waals surface area contributed by atoms with Crippen LogP contribution in [0.3, 0.4) is 0 Å². The number of carboxylic acids is 1. The van der Waals surface area contributed by atoms with Gasteiger partial charge in [0.15, 0.2) is 0 Å². The number of nitrogens with zero attached hydrogens (tertiary/aromatic N) is 1. The van der Waals surface area contributed by atoms with Gasteiger partial charge in [-0.15, -0.1) is 0 Å². The number of hydrogen-bond acceptors (Lipinski definition) is 5. The second-order valence-electron chi connectivity index (χ2n) is 8.44. The first-order chi connectivity index (χ1) is 16.4. The highest BCUT2D eigenvalue weighted by atomic mass is 16.4. The van der Waals surface area contributed by atoms with Gasteiger partial charge in [-0.05, 0) is 63.0 Å². The number of rotatable bonds is 10. The Hall–Kier alpha value is -3.82. The number of benzene rings is 3. The molecular formula is C28H34N4O2. The third-order valence-corrected chi connectivity index (χ3v) is 5.51. The lowest BCUT2D eigenvalue weighted by Crippen LogP contribution is -2.28. The van der Waals surface area contributed by atoms with Crippen molar-refractivity contribution in [3.8, 4) is 6.07 Å². The summed E-state index contributed by atoms with van der Waals surface area (Å²) < 4.78 is 0. The highest BCUT2D eigenvalue weighted by Gasteiger charge is 2.29. The van der Waals surface area contributed by atoms with E-state index >= 15 is 0 Å². The monoisotopic (exact) mass is 458 g/mol. The van der Waals surface area contributed by atoms with Crippen molar-refractivity contribution in [2.45, 2.75) is 32.1 Å². The highest BCUT2D eigenvalue weighted by Crippen LogP contribution is 2.24. The van der Waals surface area contributed by atoms with Crippen LogP contribution in [0.4, 0.5) is 11.4 Å². The molecule has 178 valence electrons. The molecule has 3 rings (SSSR count). The Morgan fingerprint density at radius 2 is 1.62 bits per heavy atom. The molecule has 0 bridgehead atoms. The zero-order valence-corrected chi connectivity index (χ0v) is 19.9. The van der Waals surface area contributed by atoms with Crippen LogP contribution in [-0.2, 0) is 16.6 Å². The Labute approximate surface area is 202 Å². The van der Waals surface area contributed by atoms with E-state index in [2.05, 4.69) is 16.7 Å². The molecule has 0 spiro atoms. The summed E-state index contributed by atoms with van der Waals surface area (Å²) >= 11 is 0. The molecule has 0 aliphatic carbocycles. The molecule has 3 aromatic rings. The van der Waals surface area contributed by atoms with Crippen molar-refractivity contribution in [1.29, 1.82) is 5.26 Å². The van der Waals surface area contributed by atoms with Crippen LogP contribution in [0.5, 0.6) is 0 Å². The number of nitrogen functional groups attached to an aromatic ring is 1. The third kappa shape index (κ3) is 8.27. The second kappa shape index (κ2) is 13.7. The summed E-state index contributed by atoms with van der Waals surface area (Å²) in [7, 11) is 0. The average Bonchev–Trinajstić information content (AvgIpc) is 2.86. The smallest absolute Gasteiger partial charge is 0.313 e. The topological polar surface area (TPSA) is 111 Å². The summed E-state index contributed by atoms with van der Waals surface area (Å²) in [6.07, 6.45) is 1.76. The number of nitrogens with two attached hydrogens (primary N) is 1. The van der Waals surface area contributed by atoms with Gasteiger partial charge in [0.1, 0.15) is 6.07 Å². The molecule has 5 N–H and O–H groups in total. The van der Waals surface area contributed by atoms with Gasteiger partial charge in [0, 0.05) is 6.54 Å². The predicted octanol–water partition coefficient (Wildman–Crippen LogP) is 4.82. The largest absolute Gasteiger partial charge is 0.481 e. The van der Waals surface area contributed by atoms with E-state index < -0.39 is 11.4 Å². The second-order valence-corrected chi connectivity index (χ2v) is 8.44. The molecular weight excluding hydrogens is 424 g/mol. The lowest BCUT2D eigenvalue weighted by Gasteiger charge is -2.20. The number of anilines is 2. The van der Waals surface area contributed by atoms with E-state index in [1.165, 1.54) is 0 Å². The van der Waals surface area contributed by atoms with Crippen molar-refractivity contribution in [3.63, 3.8) is 0 Å². The lowest BCUT2D eigenvalue weighted by molar-refractivity contribution is -0.142. The summed E-state index contributed by atoms with van der Waals surface area (Å²) in [5.41, 5.74) is 8.76.